The zero-order valence-electron chi connectivity index (χ0n) is 24.7. The molecule has 1 fully saturated rings. The fourth-order valence-electron chi connectivity index (χ4n) is 5.60. The Hall–Kier alpha value is -3.49. The minimum Gasteiger partial charge on any atom is -0.353 e. The molecule has 224 valence electrons. The minimum atomic E-state index is -4.15. The Bertz CT molecular complexity index is 1440. The van der Waals surface area contributed by atoms with E-state index in [2.05, 4.69) is 67.8 Å². The van der Waals surface area contributed by atoms with Crippen molar-refractivity contribution in [2.45, 2.75) is 76.2 Å². The second-order valence-electron chi connectivity index (χ2n) is 12.3. The maximum Gasteiger partial charge on any atom is 0.266 e. The first kappa shape index (κ1) is 31.4. The Morgan fingerprint density at radius 2 is 1.50 bits per heavy atom. The van der Waals surface area contributed by atoms with Crippen LogP contribution < -0.4 is 10.6 Å². The topological polar surface area (TPSA) is 113 Å². The quantitative estimate of drug-likeness (QED) is 0.260. The lowest BCUT2D eigenvalue weighted by Crippen LogP contribution is -2.40. The van der Waals surface area contributed by atoms with E-state index in [1.54, 1.807) is 12.1 Å². The molecule has 1 aliphatic rings. The van der Waals surface area contributed by atoms with E-state index in [4.69, 9.17) is 4.55 Å². The van der Waals surface area contributed by atoms with Gasteiger partial charge in [-0.1, -0.05) is 87.5 Å². The molecule has 0 aromatic heterocycles. The molecule has 0 radical (unpaired) electrons. The normalized spacial score (nSPS) is 18.2. The van der Waals surface area contributed by atoms with Crippen LogP contribution in [-0.4, -0.2) is 43.1 Å². The molecule has 1 unspecified atom stereocenters. The molecule has 1 atom stereocenters. The van der Waals surface area contributed by atoms with Gasteiger partial charge in [-0.05, 0) is 77.8 Å². The number of nitrogens with one attached hydrogen (secondary N) is 2. The van der Waals surface area contributed by atoms with Crippen LogP contribution in [0.5, 0.6) is 0 Å². The molecule has 0 saturated heterocycles. The van der Waals surface area contributed by atoms with Crippen molar-refractivity contribution in [1.82, 2.24) is 10.6 Å². The zero-order valence-corrected chi connectivity index (χ0v) is 25.5. The van der Waals surface area contributed by atoms with Crippen molar-refractivity contribution in [1.29, 1.82) is 0 Å². The molecule has 42 heavy (non-hydrogen) atoms. The lowest BCUT2D eigenvalue weighted by molar-refractivity contribution is -0.123. The molecule has 0 aliphatic heterocycles. The van der Waals surface area contributed by atoms with E-state index < -0.39 is 21.8 Å². The van der Waals surface area contributed by atoms with Gasteiger partial charge in [0.15, 0.2) is 0 Å². The van der Waals surface area contributed by atoms with Crippen LogP contribution in [-0.2, 0) is 26.7 Å². The van der Waals surface area contributed by atoms with Crippen molar-refractivity contribution in [2.24, 2.45) is 0 Å². The fraction of sp³-hybridized carbons (Fsp3) is 0.412. The van der Waals surface area contributed by atoms with Crippen LogP contribution in [0.25, 0.3) is 0 Å². The third kappa shape index (κ3) is 9.00. The average molecular weight is 591 g/mol. The average Bonchev–Trinajstić information content (AvgIpc) is 2.96. The molecule has 8 heteroatoms. The summed E-state index contributed by atoms with van der Waals surface area (Å²) in [4.78, 5) is 26.2. The highest BCUT2D eigenvalue weighted by molar-refractivity contribution is 7.85. The maximum atomic E-state index is 13.8. The first-order valence-electron chi connectivity index (χ1n) is 14.7. The number of carbonyl (C=O) groups is 2. The molecule has 2 amide bonds. The van der Waals surface area contributed by atoms with Crippen LogP contribution in [0, 0.1) is 0 Å². The maximum absolute atomic E-state index is 13.8. The van der Waals surface area contributed by atoms with Gasteiger partial charge in [0.25, 0.3) is 16.0 Å². The smallest absolute Gasteiger partial charge is 0.266 e. The van der Waals surface area contributed by atoms with Crippen LogP contribution in [0.3, 0.4) is 0 Å². The Balaban J connectivity index is 1.45. The monoisotopic (exact) mass is 590 g/mol. The molecule has 3 N–H and O–H groups in total. The van der Waals surface area contributed by atoms with Gasteiger partial charge in [-0.25, -0.2) is 0 Å². The van der Waals surface area contributed by atoms with Crippen molar-refractivity contribution in [3.05, 3.63) is 107 Å². The number of hydrogen-bond acceptors (Lipinski definition) is 4. The van der Waals surface area contributed by atoms with E-state index in [0.29, 0.717) is 17.9 Å². The molecule has 3 aromatic rings. The molecule has 3 aromatic carbocycles. The van der Waals surface area contributed by atoms with Crippen molar-refractivity contribution in [2.75, 3.05) is 12.3 Å². The predicted octanol–water partition coefficient (Wildman–Crippen LogP) is 5.77. The van der Waals surface area contributed by atoms with Crippen LogP contribution >= 0.6 is 0 Å². The lowest BCUT2D eigenvalue weighted by Gasteiger charge is -2.31. The highest BCUT2D eigenvalue weighted by Gasteiger charge is 2.28. The van der Waals surface area contributed by atoms with Gasteiger partial charge in [0.2, 0.25) is 5.91 Å². The second-order valence-corrected chi connectivity index (χ2v) is 13.9. The largest absolute Gasteiger partial charge is 0.353 e. The summed E-state index contributed by atoms with van der Waals surface area (Å²) in [5.41, 5.74) is 4.82. The van der Waals surface area contributed by atoms with Crippen LogP contribution in [0.2, 0.25) is 0 Å². The summed E-state index contributed by atoms with van der Waals surface area (Å²) >= 11 is 0. The van der Waals surface area contributed by atoms with Crippen molar-refractivity contribution in [3.8, 4) is 0 Å². The van der Waals surface area contributed by atoms with Gasteiger partial charge >= 0.3 is 0 Å². The molecule has 1 aliphatic carbocycles. The van der Waals surface area contributed by atoms with Crippen LogP contribution in [0.4, 0.5) is 0 Å². The summed E-state index contributed by atoms with van der Waals surface area (Å²) in [5.74, 6) is -0.823. The van der Waals surface area contributed by atoms with E-state index in [9.17, 15) is 18.0 Å². The van der Waals surface area contributed by atoms with E-state index in [-0.39, 0.29) is 29.8 Å². The first-order chi connectivity index (χ1) is 19.9. The van der Waals surface area contributed by atoms with Gasteiger partial charge in [0, 0.05) is 18.2 Å². The van der Waals surface area contributed by atoms with Crippen molar-refractivity contribution < 1.29 is 22.6 Å². The summed E-state index contributed by atoms with van der Waals surface area (Å²) in [5, 5.41) is 5.84. The van der Waals surface area contributed by atoms with Gasteiger partial charge in [0.1, 0.15) is 0 Å². The number of rotatable bonds is 10. The molecular formula is C34H42N2O5S. The Kier molecular flexibility index (Phi) is 10.2. The number of carbonyl (C=O) groups excluding carboxylic acids is 2. The van der Waals surface area contributed by atoms with Crippen molar-refractivity contribution in [3.63, 3.8) is 0 Å². The summed E-state index contributed by atoms with van der Waals surface area (Å²) in [7, 11) is -4.15. The van der Waals surface area contributed by atoms with E-state index in [1.807, 2.05) is 30.3 Å². The SMILES string of the molecule is CC(C)(C)c1ccc(C(Cc2ccc(C(=O)NCCS(=O)(=O)O)cc2)C(=O)NC2CCC(c3ccccc3)CC2)cc1. The summed E-state index contributed by atoms with van der Waals surface area (Å²) in [6.45, 7) is 6.31. The number of benzene rings is 3. The molecule has 0 bridgehead atoms. The summed E-state index contributed by atoms with van der Waals surface area (Å²) in [6.07, 6.45) is 4.47. The number of amides is 2. The molecule has 1 saturated carbocycles. The first-order valence-corrected chi connectivity index (χ1v) is 16.3. The van der Waals surface area contributed by atoms with E-state index >= 15 is 0 Å². The van der Waals surface area contributed by atoms with Gasteiger partial charge in [-0.2, -0.15) is 8.42 Å². The van der Waals surface area contributed by atoms with Gasteiger partial charge in [-0.15, -0.1) is 0 Å². The van der Waals surface area contributed by atoms with Crippen LogP contribution in [0.15, 0.2) is 78.9 Å². The standard InChI is InChI=1S/C34H42N2O5S/c1-34(2,3)29-17-13-27(14-18-29)31(23-24-9-11-28(12-10-24)32(37)35-21-22-42(39,40)41)33(38)36-30-19-15-26(16-20-30)25-7-5-4-6-8-25/h4-14,17-18,26,30-31H,15-16,19-23H2,1-3H3,(H,35,37)(H,36,38)(H,39,40,41). The Morgan fingerprint density at radius 1 is 0.881 bits per heavy atom. The van der Waals surface area contributed by atoms with Gasteiger partial charge in [-0.3, -0.25) is 14.1 Å². The minimum absolute atomic E-state index is 0.00540. The molecule has 0 heterocycles. The van der Waals surface area contributed by atoms with E-state index in [0.717, 1.165) is 36.8 Å². The van der Waals surface area contributed by atoms with Crippen LogP contribution in [0.1, 0.15) is 90.9 Å². The number of hydrogen-bond donors (Lipinski definition) is 3. The van der Waals surface area contributed by atoms with E-state index in [1.165, 1.54) is 11.1 Å². The molecule has 7 nitrogen and oxygen atoms in total. The van der Waals surface area contributed by atoms with Gasteiger partial charge in [0.05, 0.1) is 11.7 Å². The lowest BCUT2D eigenvalue weighted by atomic mass is 9.81. The second kappa shape index (κ2) is 13.7. The third-order valence-corrected chi connectivity index (χ3v) is 8.86. The molecule has 4 rings (SSSR count). The third-order valence-electron chi connectivity index (χ3n) is 8.14. The van der Waals surface area contributed by atoms with Gasteiger partial charge < -0.3 is 10.6 Å². The Morgan fingerprint density at radius 3 is 2.07 bits per heavy atom. The van der Waals surface area contributed by atoms with Crippen molar-refractivity contribution >= 4 is 21.9 Å². The highest BCUT2D eigenvalue weighted by Crippen LogP contribution is 2.33. The summed E-state index contributed by atoms with van der Waals surface area (Å²) < 4.78 is 30.7. The molecular weight excluding hydrogens is 548 g/mol. The predicted molar refractivity (Wildman–Crippen MR) is 166 cm³/mol. The highest BCUT2D eigenvalue weighted by atomic mass is 32.2. The molecule has 0 spiro atoms. The Labute approximate surface area is 249 Å². The zero-order chi connectivity index (χ0) is 30.3. The summed E-state index contributed by atoms with van der Waals surface area (Å²) in [6, 6.07) is 26.0. The fourth-order valence-corrected chi connectivity index (χ4v) is 5.96.